The largest absolute Gasteiger partial charge is 0.466 e. The van der Waals surface area contributed by atoms with Crippen LogP contribution in [0, 0.1) is 0 Å². The van der Waals surface area contributed by atoms with Crippen molar-refractivity contribution < 1.29 is 24.5 Å². The predicted molar refractivity (Wildman–Crippen MR) is 329 cm³/mol. The van der Waals surface area contributed by atoms with Crippen molar-refractivity contribution in [2.45, 2.75) is 405 Å². The molecule has 0 aromatic carbocycles. The molecule has 6 heteroatoms. The summed E-state index contributed by atoms with van der Waals surface area (Å²) >= 11 is 0. The molecular weight excluding hydrogens is 923 g/mol. The highest BCUT2D eigenvalue weighted by molar-refractivity contribution is 5.76. The van der Waals surface area contributed by atoms with Crippen LogP contribution in [0.25, 0.3) is 0 Å². The Labute approximate surface area is 469 Å². The van der Waals surface area contributed by atoms with E-state index in [0.29, 0.717) is 25.9 Å². The Balaban J connectivity index is 3.40. The van der Waals surface area contributed by atoms with Gasteiger partial charge in [0.2, 0.25) is 5.91 Å². The lowest BCUT2D eigenvalue weighted by atomic mass is 10.0. The summed E-state index contributed by atoms with van der Waals surface area (Å²) in [4.78, 5) is 24.6. The van der Waals surface area contributed by atoms with Crippen LogP contribution in [0.4, 0.5) is 0 Å². The van der Waals surface area contributed by atoms with Crippen molar-refractivity contribution in [1.82, 2.24) is 5.32 Å². The van der Waals surface area contributed by atoms with Gasteiger partial charge in [0, 0.05) is 12.8 Å². The van der Waals surface area contributed by atoms with E-state index < -0.39 is 12.1 Å². The minimum absolute atomic E-state index is 0.00141. The maximum atomic E-state index is 12.5. The van der Waals surface area contributed by atoms with Crippen LogP contribution in [-0.2, 0) is 14.3 Å². The third-order valence-electron chi connectivity index (χ3n) is 16.3. The van der Waals surface area contributed by atoms with Gasteiger partial charge >= 0.3 is 5.97 Å². The summed E-state index contributed by atoms with van der Waals surface area (Å²) in [7, 11) is 0. The number of unbranched alkanes of at least 4 members (excludes halogenated alkanes) is 52. The van der Waals surface area contributed by atoms with E-state index in [9.17, 15) is 19.8 Å². The van der Waals surface area contributed by atoms with E-state index in [1.165, 1.54) is 315 Å². The van der Waals surface area contributed by atoms with E-state index in [4.69, 9.17) is 4.74 Å². The molecule has 6 nitrogen and oxygen atoms in total. The zero-order chi connectivity index (χ0) is 54.3. The number of esters is 1. The second-order valence-corrected chi connectivity index (χ2v) is 23.9. The summed E-state index contributed by atoms with van der Waals surface area (Å²) in [5, 5.41) is 23.4. The maximum absolute atomic E-state index is 12.5. The normalized spacial score (nSPS) is 12.5. The van der Waals surface area contributed by atoms with Crippen molar-refractivity contribution in [3.63, 3.8) is 0 Å². The molecule has 446 valence electrons. The number of hydrogen-bond acceptors (Lipinski definition) is 5. The molecule has 0 radical (unpaired) electrons. The quantitative estimate of drug-likeness (QED) is 0.0320. The van der Waals surface area contributed by atoms with E-state index in [0.717, 1.165) is 44.9 Å². The summed E-state index contributed by atoms with van der Waals surface area (Å²) < 4.78 is 5.49. The Hall–Kier alpha value is -1.40. The number of hydrogen-bond donors (Lipinski definition) is 3. The summed E-state index contributed by atoms with van der Waals surface area (Å²) in [6.45, 7) is 4.98. The van der Waals surface area contributed by atoms with Gasteiger partial charge in [-0.2, -0.15) is 0 Å². The van der Waals surface area contributed by atoms with Gasteiger partial charge in [-0.1, -0.05) is 341 Å². The fraction of sp³-hybridized carbons (Fsp3) is 0.942. The van der Waals surface area contributed by atoms with Crippen LogP contribution in [0.5, 0.6) is 0 Å². The minimum atomic E-state index is -0.668. The number of nitrogens with one attached hydrogen (secondary N) is 1. The molecule has 0 saturated heterocycles. The third kappa shape index (κ3) is 61.7. The molecule has 3 N–H and O–H groups in total. The Morgan fingerprint density at radius 2 is 0.627 bits per heavy atom. The van der Waals surface area contributed by atoms with E-state index >= 15 is 0 Å². The summed E-state index contributed by atoms with van der Waals surface area (Å²) in [6.07, 6.45) is 79.5. The second kappa shape index (κ2) is 65.1. The van der Waals surface area contributed by atoms with Gasteiger partial charge in [0.25, 0.3) is 0 Å². The fourth-order valence-electron chi connectivity index (χ4n) is 11.1. The first-order valence-corrected chi connectivity index (χ1v) is 34.4. The maximum Gasteiger partial charge on any atom is 0.305 e. The molecule has 0 aliphatic rings. The second-order valence-electron chi connectivity index (χ2n) is 23.9. The molecular formula is C69H135NO5. The third-order valence-corrected chi connectivity index (χ3v) is 16.3. The van der Waals surface area contributed by atoms with E-state index in [2.05, 4.69) is 31.3 Å². The van der Waals surface area contributed by atoms with Crippen molar-refractivity contribution in [2.75, 3.05) is 13.2 Å². The Morgan fingerprint density at radius 3 is 0.947 bits per heavy atom. The van der Waals surface area contributed by atoms with Gasteiger partial charge in [-0.25, -0.2) is 0 Å². The first-order chi connectivity index (χ1) is 37.0. The molecule has 2 unspecified atom stereocenters. The molecule has 0 saturated carbocycles. The monoisotopic (exact) mass is 1060 g/mol. The smallest absolute Gasteiger partial charge is 0.305 e. The van der Waals surface area contributed by atoms with Crippen molar-refractivity contribution in [1.29, 1.82) is 0 Å². The van der Waals surface area contributed by atoms with Crippen molar-refractivity contribution >= 4 is 11.9 Å². The zero-order valence-electron chi connectivity index (χ0n) is 51.1. The number of ether oxygens (including phenoxy) is 1. The lowest BCUT2D eigenvalue weighted by molar-refractivity contribution is -0.143. The van der Waals surface area contributed by atoms with Gasteiger partial charge in [0.05, 0.1) is 25.4 Å². The molecule has 0 aromatic heterocycles. The van der Waals surface area contributed by atoms with Crippen molar-refractivity contribution in [2.24, 2.45) is 0 Å². The Bertz CT molecular complexity index is 1130. The van der Waals surface area contributed by atoms with Crippen LogP contribution in [0.3, 0.4) is 0 Å². The lowest BCUT2D eigenvalue weighted by Crippen LogP contribution is -2.45. The van der Waals surface area contributed by atoms with Crippen LogP contribution in [0.15, 0.2) is 12.2 Å². The van der Waals surface area contributed by atoms with Crippen molar-refractivity contribution in [3.8, 4) is 0 Å². The molecule has 0 rings (SSSR count). The molecule has 0 aromatic rings. The first kappa shape index (κ1) is 73.6. The van der Waals surface area contributed by atoms with Gasteiger partial charge in [-0.3, -0.25) is 9.59 Å². The number of rotatable bonds is 65. The van der Waals surface area contributed by atoms with E-state index in [-0.39, 0.29) is 18.5 Å². The van der Waals surface area contributed by atoms with Crippen LogP contribution in [0.1, 0.15) is 393 Å². The highest BCUT2D eigenvalue weighted by atomic mass is 16.5. The number of aliphatic hydroxyl groups is 2. The van der Waals surface area contributed by atoms with Crippen LogP contribution in [-0.4, -0.2) is 47.4 Å². The molecule has 1 amide bonds. The summed E-state index contributed by atoms with van der Waals surface area (Å²) in [6, 6.07) is -0.546. The van der Waals surface area contributed by atoms with Crippen LogP contribution < -0.4 is 5.32 Å². The van der Waals surface area contributed by atoms with Gasteiger partial charge in [-0.05, 0) is 51.4 Å². The lowest BCUT2D eigenvalue weighted by Gasteiger charge is -2.22. The highest BCUT2D eigenvalue weighted by Crippen LogP contribution is 2.19. The van der Waals surface area contributed by atoms with Crippen LogP contribution in [0.2, 0.25) is 0 Å². The van der Waals surface area contributed by atoms with E-state index in [1.807, 2.05) is 0 Å². The van der Waals surface area contributed by atoms with Crippen LogP contribution >= 0.6 is 0 Å². The van der Waals surface area contributed by atoms with Gasteiger partial charge in [0.15, 0.2) is 0 Å². The molecule has 0 fully saturated rings. The number of amides is 1. The average molecular weight is 1060 g/mol. The number of aliphatic hydroxyl groups excluding tert-OH is 2. The predicted octanol–water partition coefficient (Wildman–Crippen LogP) is 22.0. The van der Waals surface area contributed by atoms with Gasteiger partial charge in [-0.15, -0.1) is 0 Å². The first-order valence-electron chi connectivity index (χ1n) is 34.4. The molecule has 0 bridgehead atoms. The molecule has 2 atom stereocenters. The average Bonchev–Trinajstić information content (AvgIpc) is 3.41. The Morgan fingerprint density at radius 1 is 0.360 bits per heavy atom. The van der Waals surface area contributed by atoms with E-state index in [1.54, 1.807) is 0 Å². The van der Waals surface area contributed by atoms with Crippen molar-refractivity contribution in [3.05, 3.63) is 12.2 Å². The highest BCUT2D eigenvalue weighted by Gasteiger charge is 2.20. The van der Waals surface area contributed by atoms with Gasteiger partial charge in [0.1, 0.15) is 0 Å². The number of allylic oxidation sites excluding steroid dienone is 2. The minimum Gasteiger partial charge on any atom is -0.466 e. The molecule has 75 heavy (non-hydrogen) atoms. The molecule has 0 spiro atoms. The fourth-order valence-corrected chi connectivity index (χ4v) is 11.1. The molecule has 0 aliphatic heterocycles. The standard InChI is InChI=1S/C69H135NO5/c1-3-5-7-9-11-13-15-17-19-21-22-23-24-25-26-27-30-33-37-41-45-49-53-57-61-67(72)66(65-71)70-68(73)62-58-54-50-46-42-38-34-31-28-29-32-36-40-44-48-52-56-60-64-75-69(74)63-59-55-51-47-43-39-35-20-18-16-14-12-10-8-6-4-2/h20,35,66-67,71-72H,3-19,21-34,36-65H2,1-2H3,(H,70,73)/b35-20-. The summed E-state index contributed by atoms with van der Waals surface area (Å²) in [5.41, 5.74) is 0. The molecule has 0 heterocycles. The number of carbonyl (C=O) groups is 2. The topological polar surface area (TPSA) is 95.9 Å². The number of carbonyl (C=O) groups excluding carboxylic acids is 2. The van der Waals surface area contributed by atoms with Gasteiger partial charge < -0.3 is 20.3 Å². The SMILES string of the molecule is CCCCCCCCC/C=C\CCCCCCCC(=O)OCCCCCCCCCCCCCCCCCCCCC(=O)NC(CO)C(O)CCCCCCCCCCCCCCCCCCCCCCCCCC. The zero-order valence-corrected chi connectivity index (χ0v) is 51.1. The molecule has 0 aliphatic carbocycles. The Kier molecular flexibility index (Phi) is 63.9. The summed E-state index contributed by atoms with van der Waals surface area (Å²) in [5.74, 6) is -0.0326.